The molecule has 0 radical (unpaired) electrons. The fourth-order valence-electron chi connectivity index (χ4n) is 0.472. The molecule has 0 aromatic rings. The lowest BCUT2D eigenvalue weighted by molar-refractivity contribution is 0.227. The molecule has 0 atom stereocenters. The van der Waals surface area contributed by atoms with Crippen molar-refractivity contribution in [2.75, 3.05) is 19.0 Å². The molecule has 0 aromatic carbocycles. The van der Waals surface area contributed by atoms with Crippen molar-refractivity contribution in [3.63, 3.8) is 0 Å². The van der Waals surface area contributed by atoms with Crippen molar-refractivity contribution in [1.82, 2.24) is 4.90 Å². The summed E-state index contributed by atoms with van der Waals surface area (Å²) in [5.41, 5.74) is 0. The highest BCUT2D eigenvalue weighted by Gasteiger charge is 2.04. The molecule has 0 heterocycles. The molecule has 0 unspecified atom stereocenters. The summed E-state index contributed by atoms with van der Waals surface area (Å²) in [5, 5.41) is -0.432. The maximum absolute atomic E-state index is 10.4. The van der Waals surface area contributed by atoms with E-state index >= 15 is 0 Å². The second-order valence-electron chi connectivity index (χ2n) is 1.52. The Balaban J connectivity index is 3.54. The van der Waals surface area contributed by atoms with Crippen molar-refractivity contribution in [3.05, 3.63) is 0 Å². The van der Waals surface area contributed by atoms with E-state index in [2.05, 4.69) is 0 Å². The van der Waals surface area contributed by atoms with Gasteiger partial charge in [-0.1, -0.05) is 0 Å². The molecule has 2 nitrogen and oxygen atoms in total. The van der Waals surface area contributed by atoms with Gasteiger partial charge in [-0.05, 0) is 18.5 Å². The zero-order valence-corrected chi connectivity index (χ0v) is 6.74. The number of hydrogen-bond acceptors (Lipinski definition) is 1. The molecular formula is C5H9Cl2NO. The molecule has 0 aliphatic rings. The van der Waals surface area contributed by atoms with Crippen LogP contribution in [0, 0.1) is 0 Å². The molecule has 0 rings (SSSR count). The summed E-state index contributed by atoms with van der Waals surface area (Å²) in [6, 6.07) is 0. The Kier molecular flexibility index (Phi) is 4.91. The second-order valence-corrected chi connectivity index (χ2v) is 2.22. The Labute approximate surface area is 64.7 Å². The topological polar surface area (TPSA) is 20.3 Å². The molecule has 0 aliphatic heterocycles. The van der Waals surface area contributed by atoms with Gasteiger partial charge in [0.25, 0.3) is 0 Å². The Bertz CT molecular complexity index is 97.0. The molecule has 54 valence electrons. The zero-order valence-electron chi connectivity index (χ0n) is 5.23. The van der Waals surface area contributed by atoms with E-state index in [0.29, 0.717) is 19.0 Å². The van der Waals surface area contributed by atoms with Crippen molar-refractivity contribution < 1.29 is 4.79 Å². The summed E-state index contributed by atoms with van der Waals surface area (Å²) in [4.78, 5) is 11.9. The average Bonchev–Trinajstić information content (AvgIpc) is 1.82. The van der Waals surface area contributed by atoms with Gasteiger partial charge in [-0.25, -0.2) is 0 Å². The highest BCUT2D eigenvalue weighted by atomic mass is 35.5. The van der Waals surface area contributed by atoms with Crippen LogP contribution in [0.3, 0.4) is 0 Å². The van der Waals surface area contributed by atoms with Gasteiger partial charge in [0.2, 0.25) is 0 Å². The van der Waals surface area contributed by atoms with Crippen LogP contribution < -0.4 is 0 Å². The summed E-state index contributed by atoms with van der Waals surface area (Å²) in [7, 11) is 0. The molecule has 0 saturated carbocycles. The molecular weight excluding hydrogens is 161 g/mol. The molecule has 0 aliphatic carbocycles. The molecule has 9 heavy (non-hydrogen) atoms. The van der Waals surface area contributed by atoms with E-state index in [0.717, 1.165) is 0 Å². The Morgan fingerprint density at radius 3 is 2.33 bits per heavy atom. The van der Waals surface area contributed by atoms with Crippen LogP contribution in [-0.4, -0.2) is 29.2 Å². The van der Waals surface area contributed by atoms with Gasteiger partial charge in [-0.15, -0.1) is 11.6 Å². The highest BCUT2D eigenvalue weighted by molar-refractivity contribution is 6.62. The Morgan fingerprint density at radius 1 is 1.67 bits per heavy atom. The second kappa shape index (κ2) is 4.89. The summed E-state index contributed by atoms with van der Waals surface area (Å²) in [6.45, 7) is 3.00. The maximum atomic E-state index is 10.4. The van der Waals surface area contributed by atoms with Crippen LogP contribution in [0.2, 0.25) is 0 Å². The van der Waals surface area contributed by atoms with Crippen molar-refractivity contribution in [2.24, 2.45) is 0 Å². The van der Waals surface area contributed by atoms with Gasteiger partial charge < -0.3 is 4.90 Å². The van der Waals surface area contributed by atoms with E-state index in [9.17, 15) is 4.79 Å². The quantitative estimate of drug-likeness (QED) is 0.360. The van der Waals surface area contributed by atoms with Crippen molar-refractivity contribution >= 4 is 28.6 Å². The number of carbonyl (C=O) groups is 1. The van der Waals surface area contributed by atoms with E-state index < -0.39 is 5.37 Å². The molecule has 0 spiro atoms. The van der Waals surface area contributed by atoms with Crippen LogP contribution in [-0.2, 0) is 0 Å². The van der Waals surface area contributed by atoms with E-state index in [-0.39, 0.29) is 0 Å². The van der Waals surface area contributed by atoms with Gasteiger partial charge in [-0.3, -0.25) is 4.79 Å². The molecule has 0 fully saturated rings. The third kappa shape index (κ3) is 3.60. The predicted octanol–water partition coefficient (Wildman–Crippen LogP) is 1.91. The molecule has 0 saturated heterocycles. The highest BCUT2D eigenvalue weighted by Crippen LogP contribution is 1.95. The Hall–Kier alpha value is 0.0500. The van der Waals surface area contributed by atoms with Gasteiger partial charge in [0.15, 0.2) is 0 Å². The lowest BCUT2D eigenvalue weighted by Gasteiger charge is -2.14. The van der Waals surface area contributed by atoms with Crippen molar-refractivity contribution in [1.29, 1.82) is 0 Å². The minimum Gasteiger partial charge on any atom is -0.328 e. The third-order valence-corrected chi connectivity index (χ3v) is 1.39. The van der Waals surface area contributed by atoms with E-state index in [4.69, 9.17) is 23.2 Å². The fraction of sp³-hybridized carbons (Fsp3) is 0.800. The van der Waals surface area contributed by atoms with Gasteiger partial charge in [-0.2, -0.15) is 0 Å². The lowest BCUT2D eigenvalue weighted by atomic mass is 10.6. The number of hydrogen-bond donors (Lipinski definition) is 0. The number of halogens is 2. The standard InChI is InChI=1S/C5H9Cl2NO/c1-2-8(4-3-6)5(7)9/h2-4H2,1H3. The SMILES string of the molecule is CCN(CCCl)C(=O)Cl. The number of amides is 1. The van der Waals surface area contributed by atoms with Crippen LogP contribution in [0.15, 0.2) is 0 Å². The van der Waals surface area contributed by atoms with Crippen LogP contribution in [0.1, 0.15) is 6.92 Å². The number of alkyl halides is 1. The average molecular weight is 170 g/mol. The maximum Gasteiger partial charge on any atom is 0.316 e. The van der Waals surface area contributed by atoms with Gasteiger partial charge in [0.1, 0.15) is 0 Å². The number of rotatable bonds is 3. The minimum absolute atomic E-state index is 0.432. The van der Waals surface area contributed by atoms with Gasteiger partial charge in [0.05, 0.1) is 0 Å². The zero-order chi connectivity index (χ0) is 7.28. The summed E-state index contributed by atoms with van der Waals surface area (Å²) < 4.78 is 0. The van der Waals surface area contributed by atoms with E-state index in [1.165, 1.54) is 4.90 Å². The lowest BCUT2D eigenvalue weighted by Crippen LogP contribution is -2.27. The first-order chi connectivity index (χ1) is 4.22. The van der Waals surface area contributed by atoms with E-state index in [1.807, 2.05) is 6.92 Å². The van der Waals surface area contributed by atoms with Gasteiger partial charge >= 0.3 is 5.37 Å². The number of carbonyl (C=O) groups excluding carboxylic acids is 1. The third-order valence-electron chi connectivity index (χ3n) is 0.985. The van der Waals surface area contributed by atoms with Crippen LogP contribution in [0.25, 0.3) is 0 Å². The summed E-state index contributed by atoms with van der Waals surface area (Å²) >= 11 is 10.5. The fourth-order valence-corrected chi connectivity index (χ4v) is 0.880. The minimum atomic E-state index is -0.432. The first-order valence-electron chi connectivity index (χ1n) is 2.72. The molecule has 1 amide bonds. The van der Waals surface area contributed by atoms with Crippen LogP contribution in [0.5, 0.6) is 0 Å². The first kappa shape index (κ1) is 9.05. The molecule has 4 heteroatoms. The first-order valence-corrected chi connectivity index (χ1v) is 3.64. The summed E-state index contributed by atoms with van der Waals surface area (Å²) in [5.74, 6) is 0.437. The van der Waals surface area contributed by atoms with Crippen molar-refractivity contribution in [2.45, 2.75) is 6.92 Å². The molecule has 0 N–H and O–H groups in total. The van der Waals surface area contributed by atoms with Crippen LogP contribution >= 0.6 is 23.2 Å². The van der Waals surface area contributed by atoms with Crippen LogP contribution in [0.4, 0.5) is 4.79 Å². The predicted molar refractivity (Wildman–Crippen MR) is 39.2 cm³/mol. The van der Waals surface area contributed by atoms with Gasteiger partial charge in [0, 0.05) is 19.0 Å². The Morgan fingerprint density at radius 2 is 2.22 bits per heavy atom. The molecule has 0 bridgehead atoms. The van der Waals surface area contributed by atoms with E-state index in [1.54, 1.807) is 0 Å². The smallest absolute Gasteiger partial charge is 0.316 e. The normalized spacial score (nSPS) is 9.22. The van der Waals surface area contributed by atoms with Crippen molar-refractivity contribution in [3.8, 4) is 0 Å². The number of nitrogens with zero attached hydrogens (tertiary/aromatic N) is 1. The molecule has 0 aromatic heterocycles. The monoisotopic (exact) mass is 169 g/mol. The largest absolute Gasteiger partial charge is 0.328 e. The summed E-state index contributed by atoms with van der Waals surface area (Å²) in [6.07, 6.45) is 0.